The number of carbonyl (C=O) groups is 2. The van der Waals surface area contributed by atoms with E-state index in [-0.39, 0.29) is 18.7 Å². The van der Waals surface area contributed by atoms with Crippen molar-refractivity contribution in [2.24, 2.45) is 5.73 Å². The Hall–Kier alpha value is -2.16. The number of primary amides is 1. The average molecular weight is 495 g/mol. The van der Waals surface area contributed by atoms with Gasteiger partial charge < -0.3 is 25.6 Å². The highest BCUT2D eigenvalue weighted by Gasteiger charge is 2.44. The van der Waals surface area contributed by atoms with E-state index in [0.29, 0.717) is 29.4 Å². The number of hydrogen-bond donors (Lipinski definition) is 3. The molecule has 0 aliphatic carbocycles. The number of hydrogen-bond acceptors (Lipinski definition) is 5. The first-order chi connectivity index (χ1) is 15.8. The molecule has 3 rings (SSSR count). The fraction of sp³-hybridized carbons (Fsp3) is 0.417. The number of nitrogens with two attached hydrogens (primary N) is 1. The third-order valence-electron chi connectivity index (χ3n) is 5.65. The summed E-state index contributed by atoms with van der Waals surface area (Å²) in [6.07, 6.45) is -1.32. The maximum Gasteiger partial charge on any atom is 0.252 e. The van der Waals surface area contributed by atoms with Crippen LogP contribution in [0.1, 0.15) is 49.0 Å². The number of benzene rings is 2. The second kappa shape index (κ2) is 11.8. The summed E-state index contributed by atoms with van der Waals surface area (Å²) >= 11 is 12.3. The molecule has 1 fully saturated rings. The summed E-state index contributed by atoms with van der Waals surface area (Å²) in [7, 11) is 0. The van der Waals surface area contributed by atoms with E-state index in [9.17, 15) is 19.8 Å². The molecular formula is C24H28Cl2N2O5. The lowest BCUT2D eigenvalue weighted by Gasteiger charge is -2.45. The number of aliphatic hydroxyl groups excluding tert-OH is 2. The number of amides is 2. The Labute approximate surface area is 203 Å². The summed E-state index contributed by atoms with van der Waals surface area (Å²) in [5.41, 5.74) is 6.87. The summed E-state index contributed by atoms with van der Waals surface area (Å²) in [6, 6.07) is 13.9. The van der Waals surface area contributed by atoms with Crippen LogP contribution in [0.25, 0.3) is 0 Å². The van der Waals surface area contributed by atoms with Crippen LogP contribution >= 0.6 is 23.2 Å². The second-order valence-corrected chi connectivity index (χ2v) is 9.00. The topological polar surface area (TPSA) is 113 Å². The summed E-state index contributed by atoms with van der Waals surface area (Å²) < 4.78 is 6.26. The monoisotopic (exact) mass is 494 g/mol. The van der Waals surface area contributed by atoms with Crippen molar-refractivity contribution in [3.05, 3.63) is 69.7 Å². The van der Waals surface area contributed by atoms with E-state index in [1.54, 1.807) is 29.2 Å². The van der Waals surface area contributed by atoms with Crippen LogP contribution < -0.4 is 5.73 Å². The summed E-state index contributed by atoms with van der Waals surface area (Å²) in [5.74, 6) is -0.682. The van der Waals surface area contributed by atoms with Crippen LogP contribution in [-0.4, -0.2) is 52.3 Å². The quantitative estimate of drug-likeness (QED) is 0.438. The molecule has 1 aliphatic heterocycles. The molecule has 0 bridgehead atoms. The van der Waals surface area contributed by atoms with Crippen LogP contribution in [0, 0.1) is 0 Å². The second-order valence-electron chi connectivity index (χ2n) is 8.12. The van der Waals surface area contributed by atoms with Gasteiger partial charge in [0.15, 0.2) is 0 Å². The van der Waals surface area contributed by atoms with E-state index in [1.165, 1.54) is 0 Å². The molecule has 0 radical (unpaired) electrons. The first-order valence-corrected chi connectivity index (χ1v) is 11.6. The predicted octanol–water partition coefficient (Wildman–Crippen LogP) is 3.40. The molecule has 1 heterocycles. The first kappa shape index (κ1) is 25.5. The average Bonchev–Trinajstić information content (AvgIpc) is 2.79. The van der Waals surface area contributed by atoms with Crippen LogP contribution in [0.2, 0.25) is 10.0 Å². The molecule has 2 amide bonds. The van der Waals surface area contributed by atoms with Gasteiger partial charge in [0, 0.05) is 29.4 Å². The fourth-order valence-corrected chi connectivity index (χ4v) is 4.39. The number of unbranched alkanes of at least 4 members (excludes halogenated alkanes) is 1. The van der Waals surface area contributed by atoms with E-state index in [1.807, 2.05) is 24.3 Å². The third-order valence-corrected chi connectivity index (χ3v) is 6.14. The van der Waals surface area contributed by atoms with E-state index < -0.39 is 36.9 Å². The minimum Gasteiger partial charge on any atom is -0.394 e. The molecule has 4 atom stereocenters. The number of nitrogens with zero attached hydrogens (tertiary/aromatic N) is 1. The summed E-state index contributed by atoms with van der Waals surface area (Å²) in [6.45, 7) is -0.111. The minimum atomic E-state index is -1.09. The van der Waals surface area contributed by atoms with Gasteiger partial charge in [0.25, 0.3) is 5.91 Å². The molecule has 7 nitrogen and oxygen atoms in total. The van der Waals surface area contributed by atoms with Gasteiger partial charge in [0.2, 0.25) is 5.91 Å². The molecule has 33 heavy (non-hydrogen) atoms. The van der Waals surface area contributed by atoms with Crippen LogP contribution in [0.15, 0.2) is 48.5 Å². The Morgan fingerprint density at radius 2 is 1.82 bits per heavy atom. The smallest absolute Gasteiger partial charge is 0.252 e. The van der Waals surface area contributed by atoms with E-state index in [0.717, 1.165) is 11.1 Å². The predicted molar refractivity (Wildman–Crippen MR) is 126 cm³/mol. The van der Waals surface area contributed by atoms with Gasteiger partial charge in [0.1, 0.15) is 12.2 Å². The number of halogens is 2. The van der Waals surface area contributed by atoms with Crippen molar-refractivity contribution in [1.29, 1.82) is 0 Å². The molecule has 4 N–H and O–H groups in total. The normalized spacial score (nSPS) is 21.8. The molecule has 178 valence electrons. The van der Waals surface area contributed by atoms with E-state index in [2.05, 4.69) is 0 Å². The lowest BCUT2D eigenvalue weighted by molar-refractivity contribution is -0.178. The maximum atomic E-state index is 13.5. The standard InChI is InChI=1S/C24H28Cl2N2O5/c25-17-9-7-15(8-10-17)22-23(16-4-3-5-18(26)12-16)33-20(13-19(30)14-29)24(32)28(22)11-2-1-6-21(27)31/h3-5,7-10,12,19-20,22-23,29-30H,1-2,6,11,13-14H2,(H2,27,31)/t19-,20+,22-,23+/m1/s1. The van der Waals surface area contributed by atoms with Gasteiger partial charge in [-0.1, -0.05) is 47.5 Å². The van der Waals surface area contributed by atoms with Crippen LogP contribution in [0.3, 0.4) is 0 Å². The fourth-order valence-electron chi connectivity index (χ4n) is 4.06. The summed E-state index contributed by atoms with van der Waals surface area (Å²) in [4.78, 5) is 26.3. The van der Waals surface area contributed by atoms with Crippen molar-refractivity contribution < 1.29 is 24.5 Å². The van der Waals surface area contributed by atoms with Gasteiger partial charge >= 0.3 is 0 Å². The number of morpholine rings is 1. The largest absolute Gasteiger partial charge is 0.394 e. The molecule has 2 aromatic carbocycles. The molecule has 2 aromatic rings. The Morgan fingerprint density at radius 3 is 2.45 bits per heavy atom. The van der Waals surface area contributed by atoms with Crippen molar-refractivity contribution >= 4 is 35.0 Å². The number of carbonyl (C=O) groups excluding carboxylic acids is 2. The zero-order chi connectivity index (χ0) is 24.0. The number of aliphatic hydroxyl groups is 2. The lowest BCUT2D eigenvalue weighted by atomic mass is 9.90. The SMILES string of the molecule is NC(=O)CCCCN1C(=O)[C@H](C[C@@H](O)CO)O[C@@H](c2cccc(Cl)c2)[C@H]1c1ccc(Cl)cc1. The highest BCUT2D eigenvalue weighted by Crippen LogP contribution is 2.43. The van der Waals surface area contributed by atoms with Crippen molar-refractivity contribution in [3.8, 4) is 0 Å². The molecule has 9 heteroatoms. The van der Waals surface area contributed by atoms with Gasteiger partial charge in [-0.15, -0.1) is 0 Å². The molecule has 0 spiro atoms. The van der Waals surface area contributed by atoms with Crippen LogP contribution in [-0.2, 0) is 14.3 Å². The molecule has 1 aliphatic rings. The summed E-state index contributed by atoms with van der Waals surface area (Å²) in [5, 5.41) is 20.4. The van der Waals surface area contributed by atoms with Crippen LogP contribution in [0.4, 0.5) is 0 Å². The molecule has 0 saturated carbocycles. The van der Waals surface area contributed by atoms with Gasteiger partial charge in [-0.25, -0.2) is 0 Å². The zero-order valence-electron chi connectivity index (χ0n) is 18.1. The van der Waals surface area contributed by atoms with E-state index in [4.69, 9.17) is 33.7 Å². The lowest BCUT2D eigenvalue weighted by Crippen LogP contribution is -2.52. The molecule has 0 aromatic heterocycles. The van der Waals surface area contributed by atoms with Gasteiger partial charge in [-0.3, -0.25) is 9.59 Å². The molecule has 1 saturated heterocycles. The van der Waals surface area contributed by atoms with Crippen molar-refractivity contribution in [2.45, 2.75) is 50.0 Å². The van der Waals surface area contributed by atoms with Crippen molar-refractivity contribution in [3.63, 3.8) is 0 Å². The third kappa shape index (κ3) is 6.68. The van der Waals surface area contributed by atoms with Crippen LogP contribution in [0.5, 0.6) is 0 Å². The Kier molecular flexibility index (Phi) is 9.11. The zero-order valence-corrected chi connectivity index (χ0v) is 19.6. The Bertz CT molecular complexity index is 956. The van der Waals surface area contributed by atoms with Crippen molar-refractivity contribution in [2.75, 3.05) is 13.2 Å². The first-order valence-electron chi connectivity index (χ1n) is 10.8. The Morgan fingerprint density at radius 1 is 1.09 bits per heavy atom. The number of ether oxygens (including phenoxy) is 1. The Balaban J connectivity index is 2.01. The molecule has 0 unspecified atom stereocenters. The van der Waals surface area contributed by atoms with Gasteiger partial charge in [0.05, 0.1) is 18.8 Å². The number of rotatable bonds is 10. The highest BCUT2D eigenvalue weighted by molar-refractivity contribution is 6.30. The molecular weight excluding hydrogens is 467 g/mol. The van der Waals surface area contributed by atoms with E-state index >= 15 is 0 Å². The maximum absolute atomic E-state index is 13.5. The highest BCUT2D eigenvalue weighted by atomic mass is 35.5. The van der Waals surface area contributed by atoms with Gasteiger partial charge in [-0.05, 0) is 48.2 Å². The minimum absolute atomic E-state index is 0.0441. The van der Waals surface area contributed by atoms with Crippen molar-refractivity contribution in [1.82, 2.24) is 4.90 Å². The van der Waals surface area contributed by atoms with Gasteiger partial charge in [-0.2, -0.15) is 0 Å².